The van der Waals surface area contributed by atoms with Crippen molar-refractivity contribution in [1.82, 2.24) is 9.13 Å². The van der Waals surface area contributed by atoms with Crippen LogP contribution in [0.1, 0.15) is 227 Å². The Labute approximate surface area is 545 Å². The molecular weight excluding hydrogens is 1110 g/mol. The smallest absolute Gasteiger partial charge is 0.256 e. The van der Waals surface area contributed by atoms with E-state index in [1.807, 2.05) is 0 Å². The molecule has 2 aromatic heterocycles. The molecule has 6 heterocycles. The molecule has 0 radical (unpaired) electrons. The summed E-state index contributed by atoms with van der Waals surface area (Å²) >= 11 is 0. The van der Waals surface area contributed by atoms with Gasteiger partial charge in [0.1, 0.15) is 23.0 Å². The minimum absolute atomic E-state index is 0.0577. The first-order chi connectivity index (χ1) is 44.9. The van der Waals surface area contributed by atoms with Crippen LogP contribution < -0.4 is 42.3 Å². The monoisotopic (exact) mass is 1200 g/mol. The highest BCUT2D eigenvalue weighted by Gasteiger charge is 2.51. The van der Waals surface area contributed by atoms with Gasteiger partial charge in [-0.2, -0.15) is 0 Å². The van der Waals surface area contributed by atoms with Crippen molar-refractivity contribution in [2.24, 2.45) is 0 Å². The molecule has 4 aliphatic heterocycles. The molecule has 8 aliphatic rings. The first-order valence-corrected chi connectivity index (χ1v) is 36.2. The van der Waals surface area contributed by atoms with Gasteiger partial charge in [0.25, 0.3) is 13.4 Å². The summed E-state index contributed by atoms with van der Waals surface area (Å²) in [5.74, 6) is 6.13. The normalized spacial score (nSPS) is 18.3. The van der Waals surface area contributed by atoms with E-state index < -0.39 is 0 Å². The van der Waals surface area contributed by atoms with Gasteiger partial charge in [0.15, 0.2) is 0 Å². The van der Waals surface area contributed by atoms with Crippen LogP contribution in [0.15, 0.2) is 146 Å². The van der Waals surface area contributed by atoms with E-state index in [1.165, 1.54) is 260 Å². The van der Waals surface area contributed by atoms with Gasteiger partial charge in [0.2, 0.25) is 0 Å². The van der Waals surface area contributed by atoms with Gasteiger partial charge in [-0.25, -0.2) is 0 Å². The highest BCUT2D eigenvalue weighted by molar-refractivity contribution is 7.02. The summed E-state index contributed by atoms with van der Waals surface area (Å²) in [6.45, 7) is 13.6. The Hall–Kier alpha value is -7.69. The summed E-state index contributed by atoms with van der Waals surface area (Å²) < 4.78 is 21.8. The fraction of sp³-hybridized carbons (Fsp3) is 0.372. The Morgan fingerprint density at radius 3 is 1.02 bits per heavy atom. The molecule has 0 N–H and O–H groups in total. The Kier molecular flexibility index (Phi) is 12.7. The van der Waals surface area contributed by atoms with E-state index in [9.17, 15) is 0 Å². The van der Waals surface area contributed by atoms with Gasteiger partial charge in [-0.15, -0.1) is 0 Å². The van der Waals surface area contributed by atoms with E-state index in [2.05, 4.69) is 196 Å². The molecule has 4 nitrogen and oxygen atoms in total. The SMILES string of the molecule is CC(C)(C)c1ccc(-c2ccc3c(c2)Oc2c4c(c5c6c2-n2c7ccc(C8CCCCC8)cc7c7cc(C8CCCCC8)cc(c72)B6c2ccc(-c6ccc(C(C)(C)C)cc6)cc2O5)-n2c5ccc(C6CCCCC6)cc5c5cc(C6CCCCC6)cc(c52)B34)cc1. The highest BCUT2D eigenvalue weighted by Crippen LogP contribution is 2.52. The molecule has 458 valence electrons. The van der Waals surface area contributed by atoms with E-state index in [0.29, 0.717) is 23.7 Å². The van der Waals surface area contributed by atoms with Crippen LogP contribution in [0.4, 0.5) is 0 Å². The third-order valence-corrected chi connectivity index (χ3v) is 24.5. The molecule has 4 fully saturated rings. The number of benzene rings is 9. The molecule has 19 rings (SSSR count). The molecule has 0 bridgehead atoms. The van der Waals surface area contributed by atoms with Crippen LogP contribution in [-0.4, -0.2) is 22.6 Å². The molecule has 11 aromatic rings. The van der Waals surface area contributed by atoms with Gasteiger partial charge in [0, 0.05) is 43.5 Å². The maximum atomic E-state index is 8.19. The molecule has 9 aromatic carbocycles. The molecule has 0 unspecified atom stereocenters. The lowest BCUT2D eigenvalue weighted by Gasteiger charge is -2.41. The van der Waals surface area contributed by atoms with Crippen LogP contribution in [0, 0.1) is 0 Å². The fourth-order valence-electron chi connectivity index (χ4n) is 19.6. The molecular formula is C86H86B2N2O2. The molecule has 4 aliphatic carbocycles. The summed E-state index contributed by atoms with van der Waals surface area (Å²) in [6.07, 6.45) is 25.9. The first kappa shape index (κ1) is 55.9. The van der Waals surface area contributed by atoms with Crippen LogP contribution in [0.25, 0.3) is 77.2 Å². The number of fused-ring (bicyclic) bond motifs is 16. The van der Waals surface area contributed by atoms with Gasteiger partial charge in [-0.3, -0.25) is 0 Å². The van der Waals surface area contributed by atoms with E-state index in [1.54, 1.807) is 0 Å². The summed E-state index contributed by atoms with van der Waals surface area (Å²) in [5.41, 5.74) is 29.0. The topological polar surface area (TPSA) is 28.3 Å². The van der Waals surface area contributed by atoms with Crippen LogP contribution in [-0.2, 0) is 10.8 Å². The van der Waals surface area contributed by atoms with Crippen molar-refractivity contribution >= 4 is 89.8 Å². The van der Waals surface area contributed by atoms with E-state index in [4.69, 9.17) is 9.47 Å². The Bertz CT molecular complexity index is 4560. The largest absolute Gasteiger partial charge is 0.456 e. The van der Waals surface area contributed by atoms with Crippen LogP contribution in [0.3, 0.4) is 0 Å². The number of aromatic nitrogens is 2. The second kappa shape index (κ2) is 20.9. The summed E-state index contributed by atoms with van der Waals surface area (Å²) in [7, 11) is 0. The third kappa shape index (κ3) is 8.55. The van der Waals surface area contributed by atoms with Crippen LogP contribution in [0.5, 0.6) is 23.0 Å². The number of hydrogen-bond acceptors (Lipinski definition) is 2. The average Bonchev–Trinajstić information content (AvgIpc) is 1.34. The number of hydrogen-bond donors (Lipinski definition) is 0. The summed E-state index contributed by atoms with van der Waals surface area (Å²) in [6, 6.07) is 59.4. The molecule has 0 atom stereocenters. The first-order valence-electron chi connectivity index (χ1n) is 36.2. The summed E-state index contributed by atoms with van der Waals surface area (Å²) in [4.78, 5) is 0. The minimum atomic E-state index is -0.121. The Morgan fingerprint density at radius 2 is 0.663 bits per heavy atom. The fourth-order valence-corrected chi connectivity index (χ4v) is 19.6. The molecule has 4 saturated carbocycles. The molecule has 6 heteroatoms. The summed E-state index contributed by atoms with van der Waals surface area (Å²) in [5, 5.41) is 5.58. The van der Waals surface area contributed by atoms with Crippen molar-refractivity contribution in [3.05, 3.63) is 179 Å². The van der Waals surface area contributed by atoms with Gasteiger partial charge in [0.05, 0.1) is 22.4 Å². The molecule has 0 spiro atoms. The van der Waals surface area contributed by atoms with Crippen molar-refractivity contribution in [3.8, 4) is 56.6 Å². The zero-order chi connectivity index (χ0) is 61.5. The van der Waals surface area contributed by atoms with Crippen molar-refractivity contribution in [3.63, 3.8) is 0 Å². The van der Waals surface area contributed by atoms with E-state index in [0.717, 1.165) is 34.4 Å². The van der Waals surface area contributed by atoms with Gasteiger partial charge in [-0.1, -0.05) is 216 Å². The van der Waals surface area contributed by atoms with Crippen molar-refractivity contribution < 1.29 is 9.47 Å². The van der Waals surface area contributed by atoms with Gasteiger partial charge in [-0.05, 0) is 212 Å². The maximum absolute atomic E-state index is 8.19. The zero-order valence-electron chi connectivity index (χ0n) is 55.2. The molecule has 0 saturated heterocycles. The van der Waals surface area contributed by atoms with Crippen LogP contribution in [0.2, 0.25) is 0 Å². The van der Waals surface area contributed by atoms with Crippen LogP contribution >= 0.6 is 0 Å². The second-order valence-electron chi connectivity index (χ2n) is 32.0. The third-order valence-electron chi connectivity index (χ3n) is 24.5. The number of nitrogens with zero attached hydrogens (tertiary/aromatic N) is 2. The zero-order valence-corrected chi connectivity index (χ0v) is 55.2. The predicted molar refractivity (Wildman–Crippen MR) is 389 cm³/mol. The van der Waals surface area contributed by atoms with E-state index >= 15 is 0 Å². The Morgan fingerprint density at radius 1 is 0.326 bits per heavy atom. The lowest BCUT2D eigenvalue weighted by atomic mass is 9.31. The lowest BCUT2D eigenvalue weighted by molar-refractivity contribution is 0.444. The maximum Gasteiger partial charge on any atom is 0.256 e. The number of ether oxygens (including phenoxy) is 2. The number of rotatable bonds is 6. The predicted octanol–water partition coefficient (Wildman–Crippen LogP) is 19.9. The van der Waals surface area contributed by atoms with Crippen molar-refractivity contribution in [2.75, 3.05) is 0 Å². The quantitative estimate of drug-likeness (QED) is 0.155. The lowest BCUT2D eigenvalue weighted by Crippen LogP contribution is -2.63. The molecule has 0 amide bonds. The van der Waals surface area contributed by atoms with Crippen molar-refractivity contribution in [2.45, 2.75) is 204 Å². The van der Waals surface area contributed by atoms with E-state index in [-0.39, 0.29) is 24.3 Å². The molecule has 92 heavy (non-hydrogen) atoms. The Balaban J connectivity index is 0.946. The van der Waals surface area contributed by atoms with Crippen molar-refractivity contribution in [1.29, 1.82) is 0 Å². The standard InChI is InChI=1S/C86H86B2N2O2/c1-85(2,3)63-35-27-55(28-36-63)59-31-39-69-75(49-59)91-83-77-82(90-74-42-34-58(52-21-13-8-14-22-52)43-65(74)67-45-61(53-23-15-9-16-24-53)47-71(79(67)90)87(69)77)84-78-81(83)89-73-41-33-57(51-19-11-7-12-20-51)44-66(73)68-46-62(54-25-17-10-18-26-54)48-72(80(68)89)88(78)70-40-32-60(50-76(70)92-84)56-29-37-64(38-30-56)86(4,5)6/h27-54H,7-26H2,1-6H3. The van der Waals surface area contributed by atoms with Gasteiger partial charge >= 0.3 is 0 Å². The minimum Gasteiger partial charge on any atom is -0.456 e. The highest BCUT2D eigenvalue weighted by atomic mass is 16.5. The average molecular weight is 1200 g/mol. The van der Waals surface area contributed by atoms with Gasteiger partial charge < -0.3 is 18.6 Å². The second-order valence-corrected chi connectivity index (χ2v) is 32.0.